The summed E-state index contributed by atoms with van der Waals surface area (Å²) in [6, 6.07) is 14.8. The molecule has 7 heteroatoms. The Balaban J connectivity index is 1.79. The molecule has 3 rings (SSSR count). The van der Waals surface area contributed by atoms with Crippen molar-refractivity contribution in [1.29, 1.82) is 0 Å². The van der Waals surface area contributed by atoms with Gasteiger partial charge in [-0.15, -0.1) is 0 Å². The molecule has 3 atom stereocenters. The Kier molecular flexibility index (Phi) is 6.63. The standard InChI is InChI=1S/C23H28N2O4S/c1-16-14-19(16)23(18-8-6-5-7-9-18)24-22(26)13-11-17-10-12-20(29-4)21(15-17)30(27,28)25(2)3/h5-13,15-16,19,23H,14H2,1-4H3,(H,24,26)/b13-11+. The molecule has 1 aliphatic rings. The fourth-order valence-electron chi connectivity index (χ4n) is 3.48. The van der Waals surface area contributed by atoms with Crippen LogP contribution in [-0.2, 0) is 14.8 Å². The van der Waals surface area contributed by atoms with Crippen LogP contribution in [-0.4, -0.2) is 39.8 Å². The average Bonchev–Trinajstić information content (AvgIpc) is 3.46. The summed E-state index contributed by atoms with van der Waals surface area (Å²) in [7, 11) is 0.686. The first-order valence-electron chi connectivity index (χ1n) is 9.88. The highest BCUT2D eigenvalue weighted by Gasteiger charge is 2.40. The van der Waals surface area contributed by atoms with Gasteiger partial charge in [0.1, 0.15) is 10.6 Å². The normalized spacial score (nSPS) is 19.6. The van der Waals surface area contributed by atoms with Gasteiger partial charge in [0.05, 0.1) is 13.2 Å². The highest BCUT2D eigenvalue weighted by Crippen LogP contribution is 2.46. The molecule has 0 radical (unpaired) electrons. The summed E-state index contributed by atoms with van der Waals surface area (Å²) in [4.78, 5) is 12.7. The number of ether oxygens (including phenoxy) is 1. The number of carbonyl (C=O) groups is 1. The minimum absolute atomic E-state index is 0.0288. The van der Waals surface area contributed by atoms with Gasteiger partial charge in [-0.25, -0.2) is 12.7 Å². The first-order valence-corrected chi connectivity index (χ1v) is 11.3. The van der Waals surface area contributed by atoms with Crippen LogP contribution in [0.4, 0.5) is 0 Å². The zero-order valence-corrected chi connectivity index (χ0v) is 18.5. The lowest BCUT2D eigenvalue weighted by atomic mass is 10.0. The lowest BCUT2D eigenvalue weighted by Crippen LogP contribution is -2.28. The topological polar surface area (TPSA) is 75.7 Å². The van der Waals surface area contributed by atoms with Crippen LogP contribution in [0.25, 0.3) is 6.08 Å². The van der Waals surface area contributed by atoms with Crippen molar-refractivity contribution in [3.8, 4) is 5.75 Å². The second-order valence-corrected chi connectivity index (χ2v) is 9.93. The molecule has 0 heterocycles. The van der Waals surface area contributed by atoms with Crippen molar-refractivity contribution in [3.05, 3.63) is 65.7 Å². The average molecular weight is 429 g/mol. The monoisotopic (exact) mass is 428 g/mol. The van der Waals surface area contributed by atoms with Gasteiger partial charge in [0.25, 0.3) is 0 Å². The number of benzene rings is 2. The van der Waals surface area contributed by atoms with Gasteiger partial charge in [0.15, 0.2) is 0 Å². The fourth-order valence-corrected chi connectivity index (χ4v) is 4.57. The molecule has 0 bridgehead atoms. The second-order valence-electron chi connectivity index (χ2n) is 7.80. The Bertz CT molecular complexity index is 1030. The number of nitrogens with one attached hydrogen (secondary N) is 1. The SMILES string of the molecule is COc1ccc(/C=C/C(=O)NC(c2ccccc2)C2CC2C)cc1S(=O)(=O)N(C)C. The molecule has 160 valence electrons. The van der Waals surface area contributed by atoms with Crippen LogP contribution < -0.4 is 10.1 Å². The maximum Gasteiger partial charge on any atom is 0.246 e. The summed E-state index contributed by atoms with van der Waals surface area (Å²) in [5, 5.41) is 3.10. The van der Waals surface area contributed by atoms with Crippen molar-refractivity contribution in [2.75, 3.05) is 21.2 Å². The van der Waals surface area contributed by atoms with Crippen LogP contribution in [0.3, 0.4) is 0 Å². The predicted octanol–water partition coefficient (Wildman–Crippen LogP) is 3.47. The Labute approximate surface area is 178 Å². The number of methoxy groups -OCH3 is 1. The van der Waals surface area contributed by atoms with E-state index in [9.17, 15) is 13.2 Å². The van der Waals surface area contributed by atoms with Gasteiger partial charge < -0.3 is 10.1 Å². The van der Waals surface area contributed by atoms with E-state index in [1.165, 1.54) is 33.3 Å². The van der Waals surface area contributed by atoms with Gasteiger partial charge >= 0.3 is 0 Å². The Hall–Kier alpha value is -2.64. The van der Waals surface area contributed by atoms with E-state index >= 15 is 0 Å². The van der Waals surface area contributed by atoms with E-state index in [-0.39, 0.29) is 22.6 Å². The first kappa shape index (κ1) is 22.1. The number of nitrogens with zero attached hydrogens (tertiary/aromatic N) is 1. The van der Waals surface area contributed by atoms with Gasteiger partial charge in [0, 0.05) is 20.2 Å². The maximum atomic E-state index is 12.6. The minimum Gasteiger partial charge on any atom is -0.495 e. The Morgan fingerprint density at radius 3 is 2.43 bits per heavy atom. The van der Waals surface area contributed by atoms with Gasteiger partial charge in [-0.1, -0.05) is 43.3 Å². The van der Waals surface area contributed by atoms with E-state index in [2.05, 4.69) is 12.2 Å². The van der Waals surface area contributed by atoms with Gasteiger partial charge in [-0.3, -0.25) is 4.79 Å². The van der Waals surface area contributed by atoms with Crippen molar-refractivity contribution >= 4 is 22.0 Å². The molecule has 30 heavy (non-hydrogen) atoms. The van der Waals surface area contributed by atoms with E-state index in [1.807, 2.05) is 30.3 Å². The molecule has 3 unspecified atom stereocenters. The van der Waals surface area contributed by atoms with E-state index in [4.69, 9.17) is 4.74 Å². The van der Waals surface area contributed by atoms with E-state index in [1.54, 1.807) is 18.2 Å². The molecule has 0 spiro atoms. The van der Waals surface area contributed by atoms with Crippen LogP contribution in [0, 0.1) is 11.8 Å². The number of hydrogen-bond donors (Lipinski definition) is 1. The largest absolute Gasteiger partial charge is 0.495 e. The molecule has 1 N–H and O–H groups in total. The molecule has 0 aliphatic heterocycles. The number of sulfonamides is 1. The number of amides is 1. The highest BCUT2D eigenvalue weighted by atomic mass is 32.2. The maximum absolute atomic E-state index is 12.6. The summed E-state index contributed by atoms with van der Waals surface area (Å²) < 4.78 is 31.4. The predicted molar refractivity (Wildman–Crippen MR) is 117 cm³/mol. The molecule has 1 aliphatic carbocycles. The molecule has 0 aromatic heterocycles. The van der Waals surface area contributed by atoms with Crippen molar-refractivity contribution in [1.82, 2.24) is 9.62 Å². The summed E-state index contributed by atoms with van der Waals surface area (Å²) >= 11 is 0. The van der Waals surface area contributed by atoms with Gasteiger partial charge in [-0.2, -0.15) is 0 Å². The molecule has 2 aromatic rings. The number of carbonyl (C=O) groups excluding carboxylic acids is 1. The first-order chi connectivity index (χ1) is 14.2. The lowest BCUT2D eigenvalue weighted by Gasteiger charge is -2.18. The van der Waals surface area contributed by atoms with E-state index in [0.29, 0.717) is 17.4 Å². The number of rotatable bonds is 8. The molecule has 6 nitrogen and oxygen atoms in total. The Morgan fingerprint density at radius 2 is 1.87 bits per heavy atom. The smallest absolute Gasteiger partial charge is 0.246 e. The zero-order chi connectivity index (χ0) is 21.9. The quantitative estimate of drug-likeness (QED) is 0.653. The van der Waals surface area contributed by atoms with E-state index < -0.39 is 10.0 Å². The van der Waals surface area contributed by atoms with Crippen molar-refractivity contribution < 1.29 is 17.9 Å². The Morgan fingerprint density at radius 1 is 1.20 bits per heavy atom. The van der Waals surface area contributed by atoms with Gasteiger partial charge in [-0.05, 0) is 47.6 Å². The number of hydrogen-bond acceptors (Lipinski definition) is 4. The van der Waals surface area contributed by atoms with Crippen LogP contribution in [0.15, 0.2) is 59.5 Å². The summed E-state index contributed by atoms with van der Waals surface area (Å²) in [5.41, 5.74) is 1.69. The highest BCUT2D eigenvalue weighted by molar-refractivity contribution is 7.89. The molecule has 0 saturated heterocycles. The third-order valence-corrected chi connectivity index (χ3v) is 7.27. The summed E-state index contributed by atoms with van der Waals surface area (Å²) in [5.74, 6) is 1.07. The molecule has 1 fully saturated rings. The summed E-state index contributed by atoms with van der Waals surface area (Å²) in [6.07, 6.45) is 4.15. The third-order valence-electron chi connectivity index (χ3n) is 5.43. The van der Waals surface area contributed by atoms with Crippen LogP contribution in [0.5, 0.6) is 5.75 Å². The van der Waals surface area contributed by atoms with E-state index in [0.717, 1.165) is 16.3 Å². The van der Waals surface area contributed by atoms with Crippen molar-refractivity contribution in [2.45, 2.75) is 24.3 Å². The molecular formula is C23H28N2O4S. The minimum atomic E-state index is -3.67. The lowest BCUT2D eigenvalue weighted by molar-refractivity contribution is -0.117. The molecule has 1 amide bonds. The molecular weight excluding hydrogens is 400 g/mol. The molecule has 2 aromatic carbocycles. The summed E-state index contributed by atoms with van der Waals surface area (Å²) in [6.45, 7) is 2.19. The van der Waals surface area contributed by atoms with Crippen molar-refractivity contribution in [2.24, 2.45) is 11.8 Å². The molecule has 1 saturated carbocycles. The second kappa shape index (κ2) is 9.02. The van der Waals surface area contributed by atoms with Crippen LogP contribution in [0.1, 0.15) is 30.5 Å². The van der Waals surface area contributed by atoms with Crippen LogP contribution in [0.2, 0.25) is 0 Å². The van der Waals surface area contributed by atoms with Crippen molar-refractivity contribution in [3.63, 3.8) is 0 Å². The van der Waals surface area contributed by atoms with Gasteiger partial charge in [0.2, 0.25) is 15.9 Å². The third kappa shape index (κ3) is 4.91. The van der Waals surface area contributed by atoms with Crippen LogP contribution >= 0.6 is 0 Å². The zero-order valence-electron chi connectivity index (χ0n) is 17.7. The fraction of sp³-hybridized carbons (Fsp3) is 0.348.